The van der Waals surface area contributed by atoms with Crippen LogP contribution in [0, 0.1) is 5.92 Å². The maximum atomic E-state index is 11.5. The van der Waals surface area contributed by atoms with Crippen LogP contribution >= 0.6 is 0 Å². The molecule has 1 aliphatic heterocycles. The Balaban J connectivity index is 1.74. The van der Waals surface area contributed by atoms with Crippen molar-refractivity contribution in [2.24, 2.45) is 5.92 Å². The van der Waals surface area contributed by atoms with Crippen LogP contribution in [-0.4, -0.2) is 42.7 Å². The molecule has 4 nitrogen and oxygen atoms in total. The van der Waals surface area contributed by atoms with Crippen molar-refractivity contribution in [3.8, 4) is 0 Å². The highest BCUT2D eigenvalue weighted by Crippen LogP contribution is 2.22. The van der Waals surface area contributed by atoms with Crippen LogP contribution in [0.15, 0.2) is 24.3 Å². The van der Waals surface area contributed by atoms with Crippen LogP contribution in [0.2, 0.25) is 0 Å². The molecule has 1 heterocycles. The number of carbonyl (C=O) groups excluding carboxylic acids is 1. The quantitative estimate of drug-likeness (QED) is 0.785. The number of nitrogens with zero attached hydrogens (tertiary/aromatic N) is 1. The Morgan fingerprint density at radius 1 is 1.30 bits per heavy atom. The summed E-state index contributed by atoms with van der Waals surface area (Å²) in [6.07, 6.45) is 4.26. The maximum absolute atomic E-state index is 11.5. The van der Waals surface area contributed by atoms with E-state index in [1.807, 2.05) is 12.1 Å². The fourth-order valence-corrected chi connectivity index (χ4v) is 3.23. The molecule has 2 rings (SSSR count). The Labute approximate surface area is 139 Å². The third-order valence-corrected chi connectivity index (χ3v) is 4.74. The Morgan fingerprint density at radius 2 is 1.96 bits per heavy atom. The second-order valence-corrected chi connectivity index (χ2v) is 6.44. The van der Waals surface area contributed by atoms with Gasteiger partial charge in [0.05, 0.1) is 19.1 Å². The molecule has 1 fully saturated rings. The van der Waals surface area contributed by atoms with Gasteiger partial charge in [-0.05, 0) is 49.9 Å². The predicted molar refractivity (Wildman–Crippen MR) is 91.2 cm³/mol. The molecule has 0 aliphatic carbocycles. The van der Waals surface area contributed by atoms with E-state index in [1.54, 1.807) is 0 Å². The Kier molecular flexibility index (Phi) is 7.06. The van der Waals surface area contributed by atoms with Crippen molar-refractivity contribution in [3.05, 3.63) is 35.4 Å². The van der Waals surface area contributed by atoms with Gasteiger partial charge in [0, 0.05) is 6.54 Å². The maximum Gasteiger partial charge on any atom is 0.308 e. The number of methoxy groups -OCH3 is 1. The first kappa shape index (κ1) is 18.0. The highest BCUT2D eigenvalue weighted by Gasteiger charge is 2.25. The number of hydrogen-bond donors (Lipinski definition) is 1. The largest absolute Gasteiger partial charge is 0.469 e. The number of ether oxygens (including phenoxy) is 1. The van der Waals surface area contributed by atoms with Crippen molar-refractivity contribution in [1.29, 1.82) is 0 Å². The molecule has 1 saturated heterocycles. The van der Waals surface area contributed by atoms with Gasteiger partial charge in [-0.15, -0.1) is 0 Å². The van der Waals surface area contributed by atoms with Crippen LogP contribution in [0.5, 0.6) is 0 Å². The summed E-state index contributed by atoms with van der Waals surface area (Å²) in [6, 6.07) is 8.31. The van der Waals surface area contributed by atoms with E-state index in [0.29, 0.717) is 0 Å². The summed E-state index contributed by atoms with van der Waals surface area (Å²) < 4.78 is 4.81. The second-order valence-electron chi connectivity index (χ2n) is 6.44. The Hall–Kier alpha value is -1.39. The summed E-state index contributed by atoms with van der Waals surface area (Å²) in [5.41, 5.74) is 2.32. The van der Waals surface area contributed by atoms with E-state index in [1.165, 1.54) is 12.7 Å². The van der Waals surface area contributed by atoms with E-state index in [2.05, 4.69) is 24.0 Å². The van der Waals surface area contributed by atoms with Crippen LogP contribution in [-0.2, 0) is 16.0 Å². The smallest absolute Gasteiger partial charge is 0.308 e. The fourth-order valence-electron chi connectivity index (χ4n) is 3.23. The Morgan fingerprint density at radius 3 is 2.52 bits per heavy atom. The van der Waals surface area contributed by atoms with E-state index in [0.717, 1.165) is 57.3 Å². The molecule has 0 aromatic heterocycles. The van der Waals surface area contributed by atoms with Crippen molar-refractivity contribution >= 4 is 5.97 Å². The monoisotopic (exact) mass is 319 g/mol. The fraction of sp³-hybridized carbons (Fsp3) is 0.632. The van der Waals surface area contributed by atoms with E-state index >= 15 is 0 Å². The Bertz CT molecular complexity index is 478. The van der Waals surface area contributed by atoms with Crippen molar-refractivity contribution in [3.63, 3.8) is 0 Å². The molecule has 1 aromatic carbocycles. The van der Waals surface area contributed by atoms with Gasteiger partial charge in [-0.25, -0.2) is 0 Å². The predicted octanol–water partition coefficient (Wildman–Crippen LogP) is 2.95. The van der Waals surface area contributed by atoms with E-state index in [9.17, 15) is 9.90 Å². The zero-order chi connectivity index (χ0) is 16.7. The normalized spacial score (nSPS) is 17.9. The first-order valence-electron chi connectivity index (χ1n) is 8.71. The summed E-state index contributed by atoms with van der Waals surface area (Å²) in [5, 5.41) is 10.3. The molecule has 0 spiro atoms. The summed E-state index contributed by atoms with van der Waals surface area (Å²) in [7, 11) is 1.46. The molecule has 4 heteroatoms. The highest BCUT2D eigenvalue weighted by atomic mass is 16.5. The minimum atomic E-state index is -0.413. The topological polar surface area (TPSA) is 49.8 Å². The van der Waals surface area contributed by atoms with Gasteiger partial charge >= 0.3 is 5.97 Å². The molecule has 1 aliphatic rings. The minimum absolute atomic E-state index is 0.0484. The standard InChI is InChI=1S/C19H29NO3/c1-3-4-15-5-7-16(8-6-15)18(21)11-14-20-12-9-17(10-13-20)19(22)23-2/h5-8,17-18,21H,3-4,9-14H2,1-2H3. The zero-order valence-electron chi connectivity index (χ0n) is 14.3. The lowest BCUT2D eigenvalue weighted by molar-refractivity contribution is -0.147. The summed E-state index contributed by atoms with van der Waals surface area (Å²) >= 11 is 0. The number of benzene rings is 1. The molecule has 1 atom stereocenters. The number of rotatable bonds is 7. The van der Waals surface area contributed by atoms with Gasteiger partial charge in [-0.3, -0.25) is 4.79 Å². The van der Waals surface area contributed by atoms with Gasteiger partial charge in [0.1, 0.15) is 0 Å². The molecule has 1 aromatic rings. The molecular formula is C19H29NO3. The molecule has 23 heavy (non-hydrogen) atoms. The summed E-state index contributed by atoms with van der Waals surface area (Å²) in [6.45, 7) is 4.85. The number of hydrogen-bond acceptors (Lipinski definition) is 4. The number of piperidine rings is 1. The average Bonchev–Trinajstić information content (AvgIpc) is 2.60. The average molecular weight is 319 g/mol. The number of likely N-dealkylation sites (tertiary alicyclic amines) is 1. The van der Waals surface area contributed by atoms with Crippen molar-refractivity contribution in [2.45, 2.75) is 45.1 Å². The van der Waals surface area contributed by atoms with Gasteiger partial charge in [-0.2, -0.15) is 0 Å². The van der Waals surface area contributed by atoms with Gasteiger partial charge < -0.3 is 14.7 Å². The van der Waals surface area contributed by atoms with Gasteiger partial charge in [-0.1, -0.05) is 37.6 Å². The number of esters is 1. The van der Waals surface area contributed by atoms with Crippen LogP contribution in [0.25, 0.3) is 0 Å². The number of aliphatic hydroxyl groups excluding tert-OH is 1. The summed E-state index contributed by atoms with van der Waals surface area (Å²) in [5.74, 6) is -0.0378. The molecule has 1 unspecified atom stereocenters. The first-order valence-corrected chi connectivity index (χ1v) is 8.71. The molecule has 0 saturated carbocycles. The third-order valence-electron chi connectivity index (χ3n) is 4.74. The van der Waals surface area contributed by atoms with Crippen LogP contribution < -0.4 is 0 Å². The van der Waals surface area contributed by atoms with E-state index < -0.39 is 6.10 Å². The number of aryl methyl sites for hydroxylation is 1. The third kappa shape index (κ3) is 5.33. The van der Waals surface area contributed by atoms with Crippen molar-refractivity contribution in [1.82, 2.24) is 4.90 Å². The summed E-state index contributed by atoms with van der Waals surface area (Å²) in [4.78, 5) is 13.8. The van der Waals surface area contributed by atoms with Gasteiger partial charge in [0.25, 0.3) is 0 Å². The van der Waals surface area contributed by atoms with E-state index in [-0.39, 0.29) is 11.9 Å². The molecule has 0 amide bonds. The van der Waals surface area contributed by atoms with Gasteiger partial charge in [0.15, 0.2) is 0 Å². The number of aliphatic hydroxyl groups is 1. The van der Waals surface area contributed by atoms with E-state index in [4.69, 9.17) is 4.74 Å². The van der Waals surface area contributed by atoms with Crippen LogP contribution in [0.4, 0.5) is 0 Å². The van der Waals surface area contributed by atoms with Gasteiger partial charge in [0.2, 0.25) is 0 Å². The second kappa shape index (κ2) is 9.04. The van der Waals surface area contributed by atoms with Crippen molar-refractivity contribution < 1.29 is 14.6 Å². The first-order chi connectivity index (χ1) is 11.1. The molecule has 1 N–H and O–H groups in total. The molecular weight excluding hydrogens is 290 g/mol. The minimum Gasteiger partial charge on any atom is -0.469 e. The van der Waals surface area contributed by atoms with Crippen molar-refractivity contribution in [2.75, 3.05) is 26.7 Å². The zero-order valence-corrected chi connectivity index (χ0v) is 14.3. The molecule has 0 bridgehead atoms. The lowest BCUT2D eigenvalue weighted by atomic mass is 9.96. The lowest BCUT2D eigenvalue weighted by Gasteiger charge is -2.31. The SMILES string of the molecule is CCCc1ccc(C(O)CCN2CCC(C(=O)OC)CC2)cc1. The highest BCUT2D eigenvalue weighted by molar-refractivity contribution is 5.72. The molecule has 0 radical (unpaired) electrons. The lowest BCUT2D eigenvalue weighted by Crippen LogP contribution is -2.37. The molecule has 128 valence electrons. The number of carbonyl (C=O) groups is 1. The van der Waals surface area contributed by atoms with Crippen LogP contribution in [0.1, 0.15) is 49.8 Å². The van der Waals surface area contributed by atoms with Crippen LogP contribution in [0.3, 0.4) is 0 Å².